The van der Waals surface area contributed by atoms with Crippen LogP contribution < -0.4 is 0 Å². The van der Waals surface area contributed by atoms with Gasteiger partial charge in [0.25, 0.3) is 0 Å². The van der Waals surface area contributed by atoms with E-state index in [1.165, 1.54) is 12.0 Å². The van der Waals surface area contributed by atoms with Gasteiger partial charge >= 0.3 is 0 Å². The quantitative estimate of drug-likeness (QED) is 0.736. The van der Waals surface area contributed by atoms with Crippen molar-refractivity contribution in [1.82, 2.24) is 9.80 Å². The van der Waals surface area contributed by atoms with E-state index < -0.39 is 0 Å². The van der Waals surface area contributed by atoms with Gasteiger partial charge in [0.15, 0.2) is 0 Å². The Labute approximate surface area is 122 Å². The molecular formula is C17H26N2O. The van der Waals surface area contributed by atoms with Crippen LogP contribution in [0.2, 0.25) is 0 Å². The van der Waals surface area contributed by atoms with Crippen molar-refractivity contribution < 1.29 is 4.79 Å². The molecule has 20 heavy (non-hydrogen) atoms. The highest BCUT2D eigenvalue weighted by molar-refractivity contribution is 5.73. The Kier molecular flexibility index (Phi) is 5.18. The number of carbonyl (C=O) groups excluding carboxylic acids is 1. The average molecular weight is 274 g/mol. The summed E-state index contributed by atoms with van der Waals surface area (Å²) in [6.45, 7) is 11.5. The molecule has 0 N–H and O–H groups in total. The van der Waals surface area contributed by atoms with Crippen molar-refractivity contribution in [2.24, 2.45) is 5.92 Å². The molecule has 1 amide bonds. The van der Waals surface area contributed by atoms with Crippen LogP contribution in [0.15, 0.2) is 36.5 Å². The Morgan fingerprint density at radius 2 is 2.20 bits per heavy atom. The summed E-state index contributed by atoms with van der Waals surface area (Å²) in [4.78, 5) is 16.3. The maximum Gasteiger partial charge on any atom is 0.219 e. The Morgan fingerprint density at radius 3 is 2.85 bits per heavy atom. The molecular weight excluding hydrogens is 248 g/mol. The van der Waals surface area contributed by atoms with Crippen molar-refractivity contribution in [2.45, 2.75) is 32.7 Å². The van der Waals surface area contributed by atoms with Gasteiger partial charge in [0.2, 0.25) is 5.91 Å². The molecule has 0 bridgehead atoms. The van der Waals surface area contributed by atoms with Crippen molar-refractivity contribution >= 4 is 5.91 Å². The summed E-state index contributed by atoms with van der Waals surface area (Å²) < 4.78 is 0. The van der Waals surface area contributed by atoms with Gasteiger partial charge in [0, 0.05) is 39.1 Å². The molecule has 2 rings (SSSR count). The number of amides is 1. The molecule has 3 nitrogen and oxygen atoms in total. The zero-order valence-electron chi connectivity index (χ0n) is 12.7. The molecule has 0 aromatic rings. The molecule has 3 heteroatoms. The Bertz CT molecular complexity index is 425. The van der Waals surface area contributed by atoms with Crippen molar-refractivity contribution in [3.8, 4) is 0 Å². The second-order valence-electron chi connectivity index (χ2n) is 5.83. The number of carbonyl (C=O) groups is 1. The van der Waals surface area contributed by atoms with Gasteiger partial charge < -0.3 is 4.90 Å². The summed E-state index contributed by atoms with van der Waals surface area (Å²) in [5.74, 6) is 0.897. The highest BCUT2D eigenvalue weighted by Gasteiger charge is 2.39. The lowest BCUT2D eigenvalue weighted by Crippen LogP contribution is -2.47. The number of fused-ring (bicyclic) bond motifs is 1. The van der Waals surface area contributed by atoms with Gasteiger partial charge in [0.05, 0.1) is 0 Å². The Morgan fingerprint density at radius 1 is 1.40 bits per heavy atom. The number of hydrogen-bond donors (Lipinski definition) is 0. The van der Waals surface area contributed by atoms with E-state index in [9.17, 15) is 4.79 Å². The molecule has 2 fully saturated rings. The lowest BCUT2D eigenvalue weighted by Gasteiger charge is -2.36. The second-order valence-corrected chi connectivity index (χ2v) is 5.83. The van der Waals surface area contributed by atoms with Crippen LogP contribution in [0.25, 0.3) is 0 Å². The fourth-order valence-corrected chi connectivity index (χ4v) is 3.48. The van der Waals surface area contributed by atoms with Crippen LogP contribution in [-0.2, 0) is 4.79 Å². The fourth-order valence-electron chi connectivity index (χ4n) is 3.48. The third kappa shape index (κ3) is 3.40. The smallest absolute Gasteiger partial charge is 0.219 e. The first-order valence-corrected chi connectivity index (χ1v) is 7.59. The molecule has 2 unspecified atom stereocenters. The van der Waals surface area contributed by atoms with Gasteiger partial charge in [-0.25, -0.2) is 0 Å². The van der Waals surface area contributed by atoms with E-state index in [4.69, 9.17) is 0 Å². The first kappa shape index (κ1) is 15.0. The maximum absolute atomic E-state index is 11.7. The predicted molar refractivity (Wildman–Crippen MR) is 83.4 cm³/mol. The van der Waals surface area contributed by atoms with Gasteiger partial charge in [0.1, 0.15) is 0 Å². The topological polar surface area (TPSA) is 23.6 Å². The number of likely N-dealkylation sites (tertiary alicyclic amines) is 2. The maximum atomic E-state index is 11.7. The number of rotatable bonds is 4. The van der Waals surface area contributed by atoms with E-state index in [0.29, 0.717) is 12.0 Å². The second kappa shape index (κ2) is 6.89. The van der Waals surface area contributed by atoms with E-state index in [2.05, 4.69) is 35.5 Å². The van der Waals surface area contributed by atoms with Crippen LogP contribution in [0.5, 0.6) is 0 Å². The van der Waals surface area contributed by atoms with E-state index >= 15 is 0 Å². The molecule has 0 radical (unpaired) electrons. The summed E-state index contributed by atoms with van der Waals surface area (Å²) in [6, 6.07) is 0.433. The monoisotopic (exact) mass is 274 g/mol. The van der Waals surface area contributed by atoms with E-state index in [-0.39, 0.29) is 5.91 Å². The lowest BCUT2D eigenvalue weighted by atomic mass is 9.92. The van der Waals surface area contributed by atoms with E-state index in [1.54, 1.807) is 6.92 Å². The van der Waals surface area contributed by atoms with Crippen molar-refractivity contribution in [1.29, 1.82) is 0 Å². The molecule has 2 saturated heterocycles. The Hall–Kier alpha value is -1.35. The minimum atomic E-state index is 0.236. The lowest BCUT2D eigenvalue weighted by molar-refractivity contribution is -0.133. The molecule has 2 heterocycles. The van der Waals surface area contributed by atoms with E-state index in [1.807, 2.05) is 12.2 Å². The van der Waals surface area contributed by atoms with E-state index in [0.717, 1.165) is 32.6 Å². The normalized spacial score (nSPS) is 27.9. The van der Waals surface area contributed by atoms with Crippen LogP contribution in [0, 0.1) is 5.92 Å². The first-order chi connectivity index (χ1) is 9.65. The number of piperidine rings is 1. The van der Waals surface area contributed by atoms with Crippen molar-refractivity contribution in [3.63, 3.8) is 0 Å². The molecule has 2 atom stereocenters. The SMILES string of the molecule is C=C/C=C\C(=C/C)CN1CC2CCCN(C(C)=O)C2C1. The molecule has 0 spiro atoms. The zero-order chi connectivity index (χ0) is 14.5. The van der Waals surface area contributed by atoms with Gasteiger partial charge in [-0.2, -0.15) is 0 Å². The first-order valence-electron chi connectivity index (χ1n) is 7.59. The van der Waals surface area contributed by atoms with Crippen LogP contribution in [0.1, 0.15) is 26.7 Å². The zero-order valence-corrected chi connectivity index (χ0v) is 12.7. The molecule has 0 saturated carbocycles. The molecule has 110 valence electrons. The van der Waals surface area contributed by atoms with Crippen LogP contribution in [0.3, 0.4) is 0 Å². The summed E-state index contributed by atoms with van der Waals surface area (Å²) in [5, 5.41) is 0. The largest absolute Gasteiger partial charge is 0.338 e. The minimum absolute atomic E-state index is 0.236. The highest BCUT2D eigenvalue weighted by atomic mass is 16.2. The van der Waals surface area contributed by atoms with Crippen molar-refractivity contribution in [3.05, 3.63) is 36.5 Å². The molecule has 0 aliphatic carbocycles. The minimum Gasteiger partial charge on any atom is -0.338 e. The fraction of sp³-hybridized carbons (Fsp3) is 0.588. The Balaban J connectivity index is 1.98. The van der Waals surface area contributed by atoms with Gasteiger partial charge in [-0.15, -0.1) is 0 Å². The standard InChI is InChI=1S/C17H26N2O/c1-4-6-8-15(5-2)11-18-12-16-9-7-10-19(14(3)20)17(16)13-18/h4-6,8,16-17H,1,7,9-13H2,2-3H3/b8-6-,15-5+. The summed E-state index contributed by atoms with van der Waals surface area (Å²) in [7, 11) is 0. The molecule has 0 aromatic carbocycles. The van der Waals surface area contributed by atoms with Crippen LogP contribution in [0.4, 0.5) is 0 Å². The number of hydrogen-bond acceptors (Lipinski definition) is 2. The molecule has 2 aliphatic heterocycles. The number of nitrogens with zero attached hydrogens (tertiary/aromatic N) is 2. The van der Waals surface area contributed by atoms with Gasteiger partial charge in [-0.05, 0) is 31.3 Å². The van der Waals surface area contributed by atoms with Crippen LogP contribution >= 0.6 is 0 Å². The van der Waals surface area contributed by atoms with Gasteiger partial charge in [-0.3, -0.25) is 9.69 Å². The molecule has 0 aromatic heterocycles. The summed E-state index contributed by atoms with van der Waals surface area (Å²) in [5.41, 5.74) is 1.32. The predicted octanol–water partition coefficient (Wildman–Crippen LogP) is 2.62. The average Bonchev–Trinajstić information content (AvgIpc) is 2.85. The third-order valence-corrected chi connectivity index (χ3v) is 4.48. The third-order valence-electron chi connectivity index (χ3n) is 4.48. The summed E-state index contributed by atoms with van der Waals surface area (Å²) in [6.07, 6.45) is 10.5. The summed E-state index contributed by atoms with van der Waals surface area (Å²) >= 11 is 0. The van der Waals surface area contributed by atoms with Crippen LogP contribution in [-0.4, -0.2) is 47.9 Å². The van der Waals surface area contributed by atoms with Crippen molar-refractivity contribution in [2.75, 3.05) is 26.2 Å². The highest BCUT2D eigenvalue weighted by Crippen LogP contribution is 2.31. The molecule has 2 aliphatic rings. The number of allylic oxidation sites excluding steroid dienone is 3. The van der Waals surface area contributed by atoms with Gasteiger partial charge in [-0.1, -0.05) is 30.9 Å².